The Morgan fingerprint density at radius 3 is 2.61 bits per heavy atom. The maximum Gasteiger partial charge on any atom is 0.141 e. The molecular formula is C14H12BrFO2. The summed E-state index contributed by atoms with van der Waals surface area (Å²) >= 11 is 3.09. The average molecular weight is 311 g/mol. The second-order valence-corrected chi connectivity index (χ2v) is 4.79. The summed E-state index contributed by atoms with van der Waals surface area (Å²) in [6, 6.07) is 9.99. The fourth-order valence-corrected chi connectivity index (χ4v) is 1.84. The Labute approximate surface area is 113 Å². The molecule has 18 heavy (non-hydrogen) atoms. The van der Waals surface area contributed by atoms with E-state index < -0.39 is 0 Å². The topological polar surface area (TPSA) is 29.5 Å². The number of aliphatic hydroxyl groups is 1. The van der Waals surface area contributed by atoms with Gasteiger partial charge in [-0.05, 0) is 52.2 Å². The van der Waals surface area contributed by atoms with Gasteiger partial charge in [-0.2, -0.15) is 0 Å². The lowest BCUT2D eigenvalue weighted by Crippen LogP contribution is -1.91. The van der Waals surface area contributed by atoms with Crippen molar-refractivity contribution in [3.8, 4) is 11.5 Å². The SMILES string of the molecule is Cc1cc(CO)ccc1Oc1ccc(Br)c(F)c1. The van der Waals surface area contributed by atoms with E-state index in [2.05, 4.69) is 15.9 Å². The van der Waals surface area contributed by atoms with Gasteiger partial charge in [0.2, 0.25) is 0 Å². The summed E-state index contributed by atoms with van der Waals surface area (Å²) < 4.78 is 19.3. The lowest BCUT2D eigenvalue weighted by molar-refractivity contribution is 0.281. The molecule has 0 amide bonds. The summed E-state index contributed by atoms with van der Waals surface area (Å²) in [4.78, 5) is 0. The highest BCUT2D eigenvalue weighted by atomic mass is 79.9. The van der Waals surface area contributed by atoms with Crippen LogP contribution in [-0.2, 0) is 6.61 Å². The van der Waals surface area contributed by atoms with E-state index in [1.54, 1.807) is 24.3 Å². The highest BCUT2D eigenvalue weighted by Gasteiger charge is 2.05. The van der Waals surface area contributed by atoms with Crippen LogP contribution in [0, 0.1) is 12.7 Å². The van der Waals surface area contributed by atoms with Gasteiger partial charge < -0.3 is 9.84 Å². The van der Waals surface area contributed by atoms with Gasteiger partial charge in [0.25, 0.3) is 0 Å². The monoisotopic (exact) mass is 310 g/mol. The smallest absolute Gasteiger partial charge is 0.141 e. The minimum Gasteiger partial charge on any atom is -0.457 e. The maximum absolute atomic E-state index is 13.3. The van der Waals surface area contributed by atoms with Gasteiger partial charge in [0.15, 0.2) is 0 Å². The molecular weight excluding hydrogens is 299 g/mol. The van der Waals surface area contributed by atoms with Crippen LogP contribution in [0.3, 0.4) is 0 Å². The van der Waals surface area contributed by atoms with Crippen molar-refractivity contribution in [2.24, 2.45) is 0 Å². The Hall–Kier alpha value is -1.39. The molecule has 0 saturated heterocycles. The minimum absolute atomic E-state index is 0.00592. The van der Waals surface area contributed by atoms with Crippen molar-refractivity contribution in [3.63, 3.8) is 0 Å². The van der Waals surface area contributed by atoms with Gasteiger partial charge in [0.05, 0.1) is 11.1 Å². The molecule has 0 aliphatic rings. The number of hydrogen-bond donors (Lipinski definition) is 1. The van der Waals surface area contributed by atoms with Gasteiger partial charge >= 0.3 is 0 Å². The predicted molar refractivity (Wildman–Crippen MR) is 71.3 cm³/mol. The molecule has 2 aromatic rings. The van der Waals surface area contributed by atoms with Gasteiger partial charge in [0.1, 0.15) is 17.3 Å². The van der Waals surface area contributed by atoms with E-state index in [1.807, 2.05) is 13.0 Å². The molecule has 0 aromatic heterocycles. The van der Waals surface area contributed by atoms with Crippen molar-refractivity contribution in [2.45, 2.75) is 13.5 Å². The average Bonchev–Trinajstić information content (AvgIpc) is 2.36. The zero-order valence-electron chi connectivity index (χ0n) is 9.78. The molecule has 2 aromatic carbocycles. The highest BCUT2D eigenvalue weighted by molar-refractivity contribution is 9.10. The predicted octanol–water partition coefficient (Wildman–Crippen LogP) is 4.18. The lowest BCUT2D eigenvalue weighted by Gasteiger charge is -2.10. The number of benzene rings is 2. The van der Waals surface area contributed by atoms with Crippen molar-refractivity contribution in [2.75, 3.05) is 0 Å². The van der Waals surface area contributed by atoms with Crippen LogP contribution < -0.4 is 4.74 Å². The number of hydrogen-bond acceptors (Lipinski definition) is 2. The van der Waals surface area contributed by atoms with E-state index in [0.717, 1.165) is 11.1 Å². The molecule has 0 aliphatic heterocycles. The van der Waals surface area contributed by atoms with Crippen molar-refractivity contribution >= 4 is 15.9 Å². The Bertz CT molecular complexity index is 570. The molecule has 0 saturated carbocycles. The van der Waals surface area contributed by atoms with E-state index in [-0.39, 0.29) is 12.4 Å². The molecule has 4 heteroatoms. The summed E-state index contributed by atoms with van der Waals surface area (Å²) in [6.45, 7) is 1.87. The van der Waals surface area contributed by atoms with Crippen molar-refractivity contribution in [1.29, 1.82) is 0 Å². The van der Waals surface area contributed by atoms with Crippen LogP contribution in [-0.4, -0.2) is 5.11 Å². The summed E-state index contributed by atoms with van der Waals surface area (Å²) in [5.41, 5.74) is 1.71. The molecule has 0 radical (unpaired) electrons. The van der Waals surface area contributed by atoms with Gasteiger partial charge in [-0.1, -0.05) is 12.1 Å². The highest BCUT2D eigenvalue weighted by Crippen LogP contribution is 2.28. The first-order valence-electron chi connectivity index (χ1n) is 5.43. The number of aryl methyl sites for hydroxylation is 1. The molecule has 0 heterocycles. The molecule has 2 nitrogen and oxygen atoms in total. The molecule has 1 N–H and O–H groups in total. The van der Waals surface area contributed by atoms with Crippen molar-refractivity contribution in [3.05, 3.63) is 57.8 Å². The fraction of sp³-hybridized carbons (Fsp3) is 0.143. The lowest BCUT2D eigenvalue weighted by atomic mass is 10.1. The van der Waals surface area contributed by atoms with E-state index >= 15 is 0 Å². The zero-order valence-corrected chi connectivity index (χ0v) is 11.4. The number of halogens is 2. The first kappa shape index (κ1) is 13.1. The molecule has 0 fully saturated rings. The normalized spacial score (nSPS) is 10.4. The van der Waals surface area contributed by atoms with Gasteiger partial charge in [-0.3, -0.25) is 0 Å². The van der Waals surface area contributed by atoms with Crippen LogP contribution in [0.4, 0.5) is 4.39 Å². The van der Waals surface area contributed by atoms with E-state index in [9.17, 15) is 4.39 Å². The molecule has 0 bridgehead atoms. The fourth-order valence-electron chi connectivity index (χ4n) is 1.59. The Kier molecular flexibility index (Phi) is 3.99. The second kappa shape index (κ2) is 5.50. The first-order valence-corrected chi connectivity index (χ1v) is 6.23. The van der Waals surface area contributed by atoms with E-state index in [4.69, 9.17) is 9.84 Å². The minimum atomic E-state index is -0.364. The van der Waals surface area contributed by atoms with Crippen LogP contribution in [0.2, 0.25) is 0 Å². The van der Waals surface area contributed by atoms with Crippen molar-refractivity contribution in [1.82, 2.24) is 0 Å². The Morgan fingerprint density at radius 1 is 1.22 bits per heavy atom. The number of rotatable bonds is 3. The van der Waals surface area contributed by atoms with Crippen LogP contribution >= 0.6 is 15.9 Å². The van der Waals surface area contributed by atoms with Crippen LogP contribution in [0.5, 0.6) is 11.5 Å². The van der Waals surface area contributed by atoms with Crippen LogP contribution in [0.15, 0.2) is 40.9 Å². The quantitative estimate of drug-likeness (QED) is 0.921. The maximum atomic E-state index is 13.3. The molecule has 0 spiro atoms. The third kappa shape index (κ3) is 2.89. The van der Waals surface area contributed by atoms with Gasteiger partial charge in [0, 0.05) is 6.07 Å². The Morgan fingerprint density at radius 2 is 2.00 bits per heavy atom. The standard InChI is InChI=1S/C14H12BrFO2/c1-9-6-10(8-17)2-5-14(9)18-11-3-4-12(15)13(16)7-11/h2-7,17H,8H2,1H3. The Balaban J connectivity index is 2.25. The first-order chi connectivity index (χ1) is 8.60. The third-order valence-electron chi connectivity index (χ3n) is 2.54. The summed E-state index contributed by atoms with van der Waals surface area (Å²) in [5, 5.41) is 9.01. The summed E-state index contributed by atoms with van der Waals surface area (Å²) in [5.74, 6) is 0.724. The van der Waals surface area contributed by atoms with Gasteiger partial charge in [-0.15, -0.1) is 0 Å². The molecule has 0 unspecified atom stereocenters. The largest absolute Gasteiger partial charge is 0.457 e. The van der Waals surface area contributed by atoms with E-state index in [1.165, 1.54) is 6.07 Å². The number of ether oxygens (including phenoxy) is 1. The zero-order chi connectivity index (χ0) is 13.1. The van der Waals surface area contributed by atoms with E-state index in [0.29, 0.717) is 16.0 Å². The van der Waals surface area contributed by atoms with Crippen LogP contribution in [0.25, 0.3) is 0 Å². The third-order valence-corrected chi connectivity index (χ3v) is 3.18. The van der Waals surface area contributed by atoms with Crippen molar-refractivity contribution < 1.29 is 14.2 Å². The molecule has 2 rings (SSSR count). The molecule has 0 atom stereocenters. The second-order valence-electron chi connectivity index (χ2n) is 3.94. The summed E-state index contributed by atoms with van der Waals surface area (Å²) in [7, 11) is 0. The van der Waals surface area contributed by atoms with Gasteiger partial charge in [-0.25, -0.2) is 4.39 Å². The van der Waals surface area contributed by atoms with Crippen LogP contribution in [0.1, 0.15) is 11.1 Å². The number of aliphatic hydroxyl groups excluding tert-OH is 1. The molecule has 94 valence electrons. The molecule has 0 aliphatic carbocycles. The summed E-state index contributed by atoms with van der Waals surface area (Å²) in [6.07, 6.45) is 0.